The van der Waals surface area contributed by atoms with Crippen LogP contribution in [0.1, 0.15) is 25.8 Å². The van der Waals surface area contributed by atoms with E-state index in [1.54, 1.807) is 4.90 Å². The highest BCUT2D eigenvalue weighted by Gasteiger charge is 2.37. The highest BCUT2D eigenvalue weighted by atomic mass is 16.6. The Labute approximate surface area is 96.0 Å². The van der Waals surface area contributed by atoms with Gasteiger partial charge in [-0.3, -0.25) is 4.90 Å². The third-order valence-electron chi connectivity index (χ3n) is 3.11. The second-order valence-electron chi connectivity index (χ2n) is 4.18. The number of carbonyl (C=O) groups is 1. The number of benzene rings is 1. The van der Waals surface area contributed by atoms with E-state index in [-0.39, 0.29) is 18.2 Å². The van der Waals surface area contributed by atoms with Crippen LogP contribution in [0.25, 0.3) is 0 Å². The van der Waals surface area contributed by atoms with Crippen molar-refractivity contribution < 1.29 is 9.53 Å². The van der Waals surface area contributed by atoms with Gasteiger partial charge in [0.05, 0.1) is 6.04 Å². The van der Waals surface area contributed by atoms with Gasteiger partial charge >= 0.3 is 6.09 Å². The Morgan fingerprint density at radius 3 is 2.56 bits per heavy atom. The van der Waals surface area contributed by atoms with Gasteiger partial charge < -0.3 is 4.74 Å². The monoisotopic (exact) mass is 219 g/mol. The minimum absolute atomic E-state index is 0.0382. The number of ether oxygens (including phenoxy) is 1. The van der Waals surface area contributed by atoms with E-state index in [1.165, 1.54) is 0 Å². The molecule has 3 nitrogen and oxygen atoms in total. The minimum Gasteiger partial charge on any atom is -0.444 e. The first kappa shape index (κ1) is 11.0. The maximum absolute atomic E-state index is 11.7. The Balaban J connectivity index is 2.08. The molecule has 0 unspecified atom stereocenters. The van der Waals surface area contributed by atoms with Gasteiger partial charge in [-0.1, -0.05) is 37.3 Å². The lowest BCUT2D eigenvalue weighted by molar-refractivity contribution is 0.128. The number of cyclic esters (lactones) is 1. The first-order chi connectivity index (χ1) is 7.72. The molecule has 16 heavy (non-hydrogen) atoms. The van der Waals surface area contributed by atoms with Crippen molar-refractivity contribution in [3.05, 3.63) is 35.9 Å². The topological polar surface area (TPSA) is 29.5 Å². The molecule has 1 fully saturated rings. The number of nitrogens with zero attached hydrogens (tertiary/aromatic N) is 1. The third kappa shape index (κ3) is 2.03. The predicted molar refractivity (Wildman–Crippen MR) is 62.0 cm³/mol. The smallest absolute Gasteiger partial charge is 0.410 e. The maximum atomic E-state index is 11.7. The first-order valence-corrected chi connectivity index (χ1v) is 5.73. The lowest BCUT2D eigenvalue weighted by Gasteiger charge is -2.20. The van der Waals surface area contributed by atoms with Crippen LogP contribution in [0, 0.1) is 0 Å². The summed E-state index contributed by atoms with van der Waals surface area (Å²) in [6.07, 6.45) is 0.720. The molecule has 0 spiro atoms. The fraction of sp³-hybridized carbons (Fsp3) is 0.462. The van der Waals surface area contributed by atoms with Crippen LogP contribution in [0.2, 0.25) is 0 Å². The molecule has 2 rings (SSSR count). The van der Waals surface area contributed by atoms with E-state index in [0.717, 1.165) is 12.0 Å². The highest BCUT2D eigenvalue weighted by molar-refractivity contribution is 5.70. The zero-order valence-corrected chi connectivity index (χ0v) is 9.72. The first-order valence-electron chi connectivity index (χ1n) is 5.73. The summed E-state index contributed by atoms with van der Waals surface area (Å²) in [5, 5.41) is 0. The SMILES string of the molecule is CC[C@H]1OC(=O)N(Cc2ccccc2)[C@@H]1C. The van der Waals surface area contributed by atoms with E-state index in [4.69, 9.17) is 4.74 Å². The molecule has 0 aliphatic carbocycles. The van der Waals surface area contributed by atoms with Gasteiger partial charge in [0.1, 0.15) is 6.10 Å². The quantitative estimate of drug-likeness (QED) is 0.782. The summed E-state index contributed by atoms with van der Waals surface area (Å²) in [6.45, 7) is 4.72. The Bertz CT molecular complexity index is 363. The summed E-state index contributed by atoms with van der Waals surface area (Å²) in [5.41, 5.74) is 1.14. The molecule has 1 aliphatic heterocycles. The zero-order chi connectivity index (χ0) is 11.5. The molecule has 0 aromatic heterocycles. The van der Waals surface area contributed by atoms with E-state index >= 15 is 0 Å². The second-order valence-corrected chi connectivity index (χ2v) is 4.18. The van der Waals surface area contributed by atoms with E-state index in [0.29, 0.717) is 6.54 Å². The number of amides is 1. The molecule has 0 bridgehead atoms. The normalized spacial score (nSPS) is 24.6. The highest BCUT2D eigenvalue weighted by Crippen LogP contribution is 2.23. The Hall–Kier alpha value is -1.51. The zero-order valence-electron chi connectivity index (χ0n) is 9.72. The molecule has 1 saturated heterocycles. The van der Waals surface area contributed by atoms with Crippen LogP contribution in [0.3, 0.4) is 0 Å². The molecule has 2 atom stereocenters. The summed E-state index contributed by atoms with van der Waals surface area (Å²) < 4.78 is 5.29. The van der Waals surface area contributed by atoms with E-state index < -0.39 is 0 Å². The molecule has 1 amide bonds. The predicted octanol–water partition coefficient (Wildman–Crippen LogP) is 2.81. The van der Waals surface area contributed by atoms with Crippen molar-refractivity contribution in [3.63, 3.8) is 0 Å². The lowest BCUT2D eigenvalue weighted by atomic mass is 10.1. The summed E-state index contributed by atoms with van der Waals surface area (Å²) in [6, 6.07) is 10.2. The Morgan fingerprint density at radius 2 is 2.00 bits per heavy atom. The molecule has 1 aliphatic rings. The molecule has 0 radical (unpaired) electrons. The molecule has 1 aromatic carbocycles. The van der Waals surface area contributed by atoms with Gasteiger partial charge in [-0.15, -0.1) is 0 Å². The van der Waals surface area contributed by atoms with Crippen molar-refractivity contribution in [3.8, 4) is 0 Å². The van der Waals surface area contributed by atoms with Crippen LogP contribution in [0.5, 0.6) is 0 Å². The number of rotatable bonds is 3. The van der Waals surface area contributed by atoms with Crippen LogP contribution in [0.15, 0.2) is 30.3 Å². The van der Waals surface area contributed by atoms with Gasteiger partial charge in [-0.25, -0.2) is 4.79 Å². The summed E-state index contributed by atoms with van der Waals surface area (Å²) in [7, 11) is 0. The molecular formula is C13H17NO2. The fourth-order valence-electron chi connectivity index (χ4n) is 2.08. The molecule has 0 saturated carbocycles. The molecule has 1 heterocycles. The van der Waals surface area contributed by atoms with Gasteiger partial charge in [0.2, 0.25) is 0 Å². The standard InChI is InChI=1S/C13H17NO2/c1-3-12-10(2)14(13(15)16-12)9-11-7-5-4-6-8-11/h4-8,10,12H,3,9H2,1-2H3/t10-,12-/m1/s1. The molecule has 86 valence electrons. The van der Waals surface area contributed by atoms with Crippen LogP contribution < -0.4 is 0 Å². The van der Waals surface area contributed by atoms with Crippen LogP contribution in [0.4, 0.5) is 4.79 Å². The second kappa shape index (κ2) is 4.56. The Kier molecular flexibility index (Phi) is 3.13. The van der Waals surface area contributed by atoms with Crippen molar-refractivity contribution in [1.29, 1.82) is 0 Å². The summed E-state index contributed by atoms with van der Waals surface area (Å²) >= 11 is 0. The molecule has 0 N–H and O–H groups in total. The lowest BCUT2D eigenvalue weighted by Crippen LogP contribution is -2.33. The average molecular weight is 219 g/mol. The summed E-state index contributed by atoms with van der Waals surface area (Å²) in [5.74, 6) is 0. The van der Waals surface area contributed by atoms with Gasteiger partial charge in [-0.2, -0.15) is 0 Å². The number of hydrogen-bond acceptors (Lipinski definition) is 2. The van der Waals surface area contributed by atoms with E-state index in [2.05, 4.69) is 0 Å². The van der Waals surface area contributed by atoms with Gasteiger partial charge in [0.25, 0.3) is 0 Å². The van der Waals surface area contributed by atoms with Gasteiger partial charge in [0.15, 0.2) is 0 Å². The van der Waals surface area contributed by atoms with Crippen molar-refractivity contribution >= 4 is 6.09 Å². The van der Waals surface area contributed by atoms with Crippen molar-refractivity contribution in [1.82, 2.24) is 4.90 Å². The van der Waals surface area contributed by atoms with Crippen LogP contribution in [-0.4, -0.2) is 23.1 Å². The average Bonchev–Trinajstić information content (AvgIpc) is 2.58. The van der Waals surface area contributed by atoms with Crippen LogP contribution >= 0.6 is 0 Å². The Morgan fingerprint density at radius 1 is 1.31 bits per heavy atom. The molecular weight excluding hydrogens is 202 g/mol. The van der Waals surface area contributed by atoms with Crippen molar-refractivity contribution in [2.75, 3.05) is 0 Å². The fourth-order valence-corrected chi connectivity index (χ4v) is 2.08. The molecule has 3 heteroatoms. The van der Waals surface area contributed by atoms with Crippen molar-refractivity contribution in [2.24, 2.45) is 0 Å². The van der Waals surface area contributed by atoms with Crippen molar-refractivity contribution in [2.45, 2.75) is 39.0 Å². The van der Waals surface area contributed by atoms with Gasteiger partial charge in [0, 0.05) is 6.54 Å². The maximum Gasteiger partial charge on any atom is 0.410 e. The third-order valence-corrected chi connectivity index (χ3v) is 3.11. The minimum atomic E-state index is -0.191. The van der Waals surface area contributed by atoms with E-state index in [9.17, 15) is 4.79 Å². The van der Waals surface area contributed by atoms with Crippen LogP contribution in [-0.2, 0) is 11.3 Å². The van der Waals surface area contributed by atoms with Gasteiger partial charge in [-0.05, 0) is 18.9 Å². The number of hydrogen-bond donors (Lipinski definition) is 0. The molecule has 1 aromatic rings. The van der Waals surface area contributed by atoms with E-state index in [1.807, 2.05) is 44.2 Å². The summed E-state index contributed by atoms with van der Waals surface area (Å²) in [4.78, 5) is 13.5. The number of carbonyl (C=O) groups excluding carboxylic acids is 1. The largest absolute Gasteiger partial charge is 0.444 e.